The predicted octanol–water partition coefficient (Wildman–Crippen LogP) is -0.458. The van der Waals surface area contributed by atoms with Crippen molar-refractivity contribution in [1.29, 1.82) is 0 Å². The zero-order valence-electron chi connectivity index (χ0n) is 11.1. The third-order valence-electron chi connectivity index (χ3n) is 4.61. The highest BCUT2D eigenvalue weighted by Gasteiger charge is 2.60. The van der Waals surface area contributed by atoms with Crippen LogP contribution in [0.25, 0.3) is 0 Å². The molecular weight excluding hydrogens is 252 g/mol. The summed E-state index contributed by atoms with van der Waals surface area (Å²) in [5, 5.41) is 29.9. The second kappa shape index (κ2) is 4.95. The molecule has 6 nitrogen and oxygen atoms in total. The minimum atomic E-state index is -1.27. The van der Waals surface area contributed by atoms with Crippen LogP contribution in [-0.2, 0) is 14.2 Å². The molecule has 3 aliphatic rings. The largest absolute Gasteiger partial charge is 0.387 e. The molecule has 0 aromatic heterocycles. The Bertz CT molecular complexity index is 329. The third-order valence-corrected chi connectivity index (χ3v) is 4.61. The van der Waals surface area contributed by atoms with E-state index in [9.17, 15) is 15.3 Å². The van der Waals surface area contributed by atoms with Crippen LogP contribution in [0.1, 0.15) is 32.1 Å². The van der Waals surface area contributed by atoms with Crippen molar-refractivity contribution in [2.24, 2.45) is 0 Å². The summed E-state index contributed by atoms with van der Waals surface area (Å²) in [7, 11) is 1.46. The molecule has 1 saturated heterocycles. The first kappa shape index (κ1) is 13.7. The quantitative estimate of drug-likeness (QED) is 0.600. The summed E-state index contributed by atoms with van der Waals surface area (Å²) in [6, 6.07) is 0. The topological polar surface area (TPSA) is 88.4 Å². The number of rotatable bonds is 1. The van der Waals surface area contributed by atoms with Crippen LogP contribution in [0.5, 0.6) is 0 Å². The summed E-state index contributed by atoms with van der Waals surface area (Å²) in [5.74, 6) is -0.672. The minimum Gasteiger partial charge on any atom is -0.387 e. The Kier molecular flexibility index (Phi) is 3.57. The van der Waals surface area contributed by atoms with Crippen molar-refractivity contribution in [2.45, 2.75) is 74.5 Å². The number of ether oxygens (including phenoxy) is 3. The summed E-state index contributed by atoms with van der Waals surface area (Å²) in [5.41, 5.74) is 0. The molecule has 2 aliphatic carbocycles. The lowest BCUT2D eigenvalue weighted by Gasteiger charge is -2.40. The van der Waals surface area contributed by atoms with Crippen molar-refractivity contribution < 1.29 is 29.5 Å². The van der Waals surface area contributed by atoms with Gasteiger partial charge in [-0.25, -0.2) is 0 Å². The van der Waals surface area contributed by atoms with E-state index in [0.29, 0.717) is 0 Å². The van der Waals surface area contributed by atoms with Crippen molar-refractivity contribution in [2.75, 3.05) is 7.11 Å². The normalized spacial score (nSPS) is 49.3. The predicted molar refractivity (Wildman–Crippen MR) is 64.4 cm³/mol. The van der Waals surface area contributed by atoms with Crippen molar-refractivity contribution in [3.05, 3.63) is 0 Å². The SMILES string of the molecule is CO[C@@H]1[C@@H](O)[C@@H](O)[C@H](O)[C@H]2OC3(CCCCC3)O[C@@H]12. The van der Waals surface area contributed by atoms with Crippen LogP contribution in [0.2, 0.25) is 0 Å². The molecule has 1 heterocycles. The van der Waals surface area contributed by atoms with E-state index >= 15 is 0 Å². The molecule has 3 fully saturated rings. The number of hydrogen-bond acceptors (Lipinski definition) is 6. The van der Waals surface area contributed by atoms with E-state index in [0.717, 1.165) is 32.1 Å². The van der Waals surface area contributed by atoms with E-state index in [2.05, 4.69) is 0 Å². The molecule has 6 heteroatoms. The molecule has 0 bridgehead atoms. The van der Waals surface area contributed by atoms with Gasteiger partial charge in [-0.15, -0.1) is 0 Å². The fourth-order valence-electron chi connectivity index (χ4n) is 3.56. The number of hydrogen-bond donors (Lipinski definition) is 3. The summed E-state index contributed by atoms with van der Waals surface area (Å²) in [6.45, 7) is 0. The first-order valence-corrected chi connectivity index (χ1v) is 7.01. The first-order valence-electron chi connectivity index (χ1n) is 7.01. The zero-order chi connectivity index (χ0) is 13.6. The third kappa shape index (κ3) is 2.11. The van der Waals surface area contributed by atoms with Gasteiger partial charge in [0.25, 0.3) is 0 Å². The number of aliphatic hydroxyl groups is 3. The second-order valence-electron chi connectivity index (χ2n) is 5.81. The standard InChI is InChI=1S/C13H22O6/c1-17-10-8(15)7(14)9(16)11-12(10)19-13(18-11)5-3-2-4-6-13/h7-12,14-16H,2-6H2,1H3/t7-,8+,9+,10-,11-,12+/m1/s1. The summed E-state index contributed by atoms with van der Waals surface area (Å²) >= 11 is 0. The molecular formula is C13H22O6. The molecule has 19 heavy (non-hydrogen) atoms. The molecule has 1 spiro atoms. The van der Waals surface area contributed by atoms with Gasteiger partial charge >= 0.3 is 0 Å². The molecule has 0 unspecified atom stereocenters. The summed E-state index contributed by atoms with van der Waals surface area (Å²) < 4.78 is 17.2. The molecule has 2 saturated carbocycles. The summed E-state index contributed by atoms with van der Waals surface area (Å²) in [4.78, 5) is 0. The smallest absolute Gasteiger partial charge is 0.169 e. The fraction of sp³-hybridized carbons (Fsp3) is 1.00. The van der Waals surface area contributed by atoms with E-state index in [1.54, 1.807) is 0 Å². The zero-order valence-corrected chi connectivity index (χ0v) is 11.1. The van der Waals surface area contributed by atoms with Crippen molar-refractivity contribution in [3.8, 4) is 0 Å². The highest BCUT2D eigenvalue weighted by Crippen LogP contribution is 2.45. The van der Waals surface area contributed by atoms with Gasteiger partial charge in [0.1, 0.15) is 36.6 Å². The van der Waals surface area contributed by atoms with Gasteiger partial charge in [-0.3, -0.25) is 0 Å². The molecule has 3 N–H and O–H groups in total. The van der Waals surface area contributed by atoms with E-state index in [-0.39, 0.29) is 0 Å². The Labute approximate surface area is 112 Å². The fourth-order valence-corrected chi connectivity index (χ4v) is 3.56. The van der Waals surface area contributed by atoms with Gasteiger partial charge in [0, 0.05) is 20.0 Å². The molecule has 110 valence electrons. The highest BCUT2D eigenvalue weighted by atomic mass is 16.8. The van der Waals surface area contributed by atoms with Crippen LogP contribution in [-0.4, -0.2) is 64.8 Å². The van der Waals surface area contributed by atoms with Gasteiger partial charge in [-0.2, -0.15) is 0 Å². The number of methoxy groups -OCH3 is 1. The average molecular weight is 274 g/mol. The maximum absolute atomic E-state index is 10.1. The molecule has 0 aromatic carbocycles. The molecule has 6 atom stereocenters. The number of fused-ring (bicyclic) bond motifs is 1. The van der Waals surface area contributed by atoms with E-state index in [4.69, 9.17) is 14.2 Å². The molecule has 0 aromatic rings. The van der Waals surface area contributed by atoms with Crippen LogP contribution in [0.15, 0.2) is 0 Å². The van der Waals surface area contributed by atoms with Gasteiger partial charge in [-0.1, -0.05) is 6.42 Å². The van der Waals surface area contributed by atoms with Gasteiger partial charge in [0.15, 0.2) is 5.79 Å². The average Bonchev–Trinajstić information content (AvgIpc) is 2.77. The maximum Gasteiger partial charge on any atom is 0.169 e. The van der Waals surface area contributed by atoms with Crippen LogP contribution in [0.3, 0.4) is 0 Å². The molecule has 0 radical (unpaired) electrons. The second-order valence-corrected chi connectivity index (χ2v) is 5.81. The van der Waals surface area contributed by atoms with E-state index in [1.807, 2.05) is 0 Å². The Hall–Kier alpha value is -0.240. The van der Waals surface area contributed by atoms with Gasteiger partial charge in [0.05, 0.1) is 0 Å². The lowest BCUT2D eigenvalue weighted by molar-refractivity contribution is -0.204. The summed E-state index contributed by atoms with van der Waals surface area (Å²) in [6.07, 6.45) is -0.639. The van der Waals surface area contributed by atoms with Crippen molar-refractivity contribution >= 4 is 0 Å². The molecule has 3 rings (SSSR count). The minimum absolute atomic E-state index is 0.531. The maximum atomic E-state index is 10.1. The number of aliphatic hydroxyl groups excluding tert-OH is 3. The van der Waals surface area contributed by atoms with Crippen LogP contribution < -0.4 is 0 Å². The van der Waals surface area contributed by atoms with Crippen LogP contribution >= 0.6 is 0 Å². The van der Waals surface area contributed by atoms with Crippen molar-refractivity contribution in [1.82, 2.24) is 0 Å². The Morgan fingerprint density at radius 2 is 1.53 bits per heavy atom. The Balaban J connectivity index is 1.84. The molecule has 1 aliphatic heterocycles. The Morgan fingerprint density at radius 3 is 2.16 bits per heavy atom. The van der Waals surface area contributed by atoms with E-state index in [1.165, 1.54) is 7.11 Å². The van der Waals surface area contributed by atoms with Crippen molar-refractivity contribution in [3.63, 3.8) is 0 Å². The highest BCUT2D eigenvalue weighted by molar-refractivity contribution is 5.05. The van der Waals surface area contributed by atoms with Gasteiger partial charge in [-0.05, 0) is 12.8 Å². The van der Waals surface area contributed by atoms with Crippen LogP contribution in [0, 0.1) is 0 Å². The van der Waals surface area contributed by atoms with Gasteiger partial charge in [0.2, 0.25) is 0 Å². The molecule has 0 amide bonds. The van der Waals surface area contributed by atoms with Gasteiger partial charge < -0.3 is 29.5 Å². The first-order chi connectivity index (χ1) is 9.08. The lowest BCUT2D eigenvalue weighted by Crippen LogP contribution is -2.63. The van der Waals surface area contributed by atoms with E-state index < -0.39 is 42.4 Å². The Morgan fingerprint density at radius 1 is 0.895 bits per heavy atom. The van der Waals surface area contributed by atoms with Crippen LogP contribution in [0.4, 0.5) is 0 Å². The lowest BCUT2D eigenvalue weighted by atomic mass is 9.85. The monoisotopic (exact) mass is 274 g/mol.